The van der Waals surface area contributed by atoms with Gasteiger partial charge < -0.3 is 10.6 Å². The van der Waals surface area contributed by atoms with Gasteiger partial charge in [-0.15, -0.1) is 10.2 Å². The first-order valence-corrected chi connectivity index (χ1v) is 10.0. The SMILES string of the molecule is NS(=O)(=O)c1ccc(CCNc2ccc(C(=O)Nc3ccccc3)nn2)cc1. The molecule has 0 aliphatic heterocycles. The van der Waals surface area contributed by atoms with Crippen LogP contribution in [0, 0.1) is 0 Å². The number of aromatic nitrogens is 2. The van der Waals surface area contributed by atoms with Gasteiger partial charge in [-0.2, -0.15) is 0 Å². The molecule has 0 saturated heterocycles. The first-order chi connectivity index (χ1) is 13.4. The fourth-order valence-corrected chi connectivity index (χ4v) is 2.96. The zero-order valence-corrected chi connectivity index (χ0v) is 15.7. The van der Waals surface area contributed by atoms with Crippen LogP contribution in [0.1, 0.15) is 16.1 Å². The lowest BCUT2D eigenvalue weighted by molar-refractivity contribution is 0.102. The number of anilines is 2. The fraction of sp³-hybridized carbons (Fsp3) is 0.105. The molecule has 0 spiro atoms. The Hall–Kier alpha value is -3.30. The van der Waals surface area contributed by atoms with Gasteiger partial charge in [0.25, 0.3) is 5.91 Å². The minimum absolute atomic E-state index is 0.0828. The maximum atomic E-state index is 12.1. The van der Waals surface area contributed by atoms with Crippen LogP contribution in [0.15, 0.2) is 71.6 Å². The van der Waals surface area contributed by atoms with E-state index in [4.69, 9.17) is 5.14 Å². The molecule has 4 N–H and O–H groups in total. The molecule has 9 heteroatoms. The largest absolute Gasteiger partial charge is 0.368 e. The molecule has 8 nitrogen and oxygen atoms in total. The Morgan fingerprint density at radius 3 is 2.25 bits per heavy atom. The van der Waals surface area contributed by atoms with Gasteiger partial charge in [0, 0.05) is 12.2 Å². The van der Waals surface area contributed by atoms with Crippen LogP contribution in [0.5, 0.6) is 0 Å². The molecule has 144 valence electrons. The molecule has 2 aromatic carbocycles. The van der Waals surface area contributed by atoms with E-state index < -0.39 is 10.0 Å². The molecule has 0 fully saturated rings. The van der Waals surface area contributed by atoms with Crippen LogP contribution in [-0.2, 0) is 16.4 Å². The smallest absolute Gasteiger partial charge is 0.276 e. The summed E-state index contributed by atoms with van der Waals surface area (Å²) in [6.07, 6.45) is 0.656. The summed E-state index contributed by atoms with van der Waals surface area (Å²) in [4.78, 5) is 12.2. The molecule has 0 bridgehead atoms. The van der Waals surface area contributed by atoms with Crippen LogP contribution in [0.25, 0.3) is 0 Å². The lowest BCUT2D eigenvalue weighted by atomic mass is 10.1. The highest BCUT2D eigenvalue weighted by molar-refractivity contribution is 7.89. The lowest BCUT2D eigenvalue weighted by Gasteiger charge is -2.07. The first-order valence-electron chi connectivity index (χ1n) is 8.47. The Bertz CT molecular complexity index is 1040. The first kappa shape index (κ1) is 19.5. The van der Waals surface area contributed by atoms with Gasteiger partial charge in [-0.25, -0.2) is 13.6 Å². The summed E-state index contributed by atoms with van der Waals surface area (Å²) in [5.41, 5.74) is 1.85. The maximum absolute atomic E-state index is 12.1. The van der Waals surface area contributed by atoms with Gasteiger partial charge in [0.15, 0.2) is 5.69 Å². The van der Waals surface area contributed by atoms with Crippen LogP contribution < -0.4 is 15.8 Å². The number of para-hydroxylation sites is 1. The molecule has 0 aliphatic carbocycles. The van der Waals surface area contributed by atoms with Crippen molar-refractivity contribution in [2.75, 3.05) is 17.2 Å². The zero-order valence-electron chi connectivity index (χ0n) is 14.9. The van der Waals surface area contributed by atoms with Crippen molar-refractivity contribution in [2.45, 2.75) is 11.3 Å². The van der Waals surface area contributed by atoms with Crippen LogP contribution in [-0.4, -0.2) is 31.1 Å². The summed E-state index contributed by atoms with van der Waals surface area (Å²) in [6, 6.07) is 18.8. The Morgan fingerprint density at radius 1 is 0.929 bits per heavy atom. The van der Waals surface area contributed by atoms with Crippen molar-refractivity contribution in [3.8, 4) is 0 Å². The molecule has 0 unspecified atom stereocenters. The van der Waals surface area contributed by atoms with E-state index in [0.717, 1.165) is 5.56 Å². The highest BCUT2D eigenvalue weighted by atomic mass is 32.2. The normalized spacial score (nSPS) is 11.0. The molecule has 0 saturated carbocycles. The highest BCUT2D eigenvalue weighted by Crippen LogP contribution is 2.11. The zero-order chi connectivity index (χ0) is 20.0. The predicted octanol–water partition coefficient (Wildman–Crippen LogP) is 2.03. The molecule has 1 aromatic heterocycles. The average Bonchev–Trinajstić information content (AvgIpc) is 2.69. The molecule has 1 amide bonds. The summed E-state index contributed by atoms with van der Waals surface area (Å²) in [7, 11) is -3.68. The van der Waals surface area contributed by atoms with E-state index in [1.165, 1.54) is 12.1 Å². The molecule has 3 aromatic rings. The number of benzene rings is 2. The third kappa shape index (κ3) is 5.35. The van der Waals surface area contributed by atoms with E-state index in [0.29, 0.717) is 24.5 Å². The monoisotopic (exact) mass is 397 g/mol. The van der Waals surface area contributed by atoms with Crippen molar-refractivity contribution >= 4 is 27.4 Å². The lowest BCUT2D eigenvalue weighted by Crippen LogP contribution is -2.15. The Balaban J connectivity index is 1.51. The number of hydrogen-bond donors (Lipinski definition) is 3. The Labute approximate surface area is 162 Å². The minimum atomic E-state index is -3.68. The summed E-state index contributed by atoms with van der Waals surface area (Å²) < 4.78 is 22.5. The van der Waals surface area contributed by atoms with Gasteiger partial charge >= 0.3 is 0 Å². The standard InChI is InChI=1S/C19H19N5O3S/c20-28(26,27)16-8-6-14(7-9-16)12-13-21-18-11-10-17(23-24-18)19(25)22-15-4-2-1-3-5-15/h1-11H,12-13H2,(H,21,24)(H,22,25)(H2,20,26,27). The third-order valence-corrected chi connectivity index (χ3v) is 4.83. The number of rotatable bonds is 7. The third-order valence-electron chi connectivity index (χ3n) is 3.90. The Kier molecular flexibility index (Phi) is 5.97. The number of nitrogens with zero attached hydrogens (tertiary/aromatic N) is 2. The number of carbonyl (C=O) groups excluding carboxylic acids is 1. The van der Waals surface area contributed by atoms with Gasteiger partial charge in [0.1, 0.15) is 5.82 Å². The van der Waals surface area contributed by atoms with Crippen LogP contribution >= 0.6 is 0 Å². The molecule has 0 radical (unpaired) electrons. The molecule has 0 atom stereocenters. The van der Waals surface area contributed by atoms with Gasteiger partial charge in [-0.05, 0) is 48.4 Å². The molecule has 0 aliphatic rings. The Morgan fingerprint density at radius 2 is 1.64 bits per heavy atom. The van der Waals surface area contributed by atoms with E-state index >= 15 is 0 Å². The van der Waals surface area contributed by atoms with Crippen molar-refractivity contribution in [1.82, 2.24) is 10.2 Å². The van der Waals surface area contributed by atoms with Crippen molar-refractivity contribution in [1.29, 1.82) is 0 Å². The fourth-order valence-electron chi connectivity index (χ4n) is 2.44. The van der Waals surface area contributed by atoms with Crippen LogP contribution in [0.3, 0.4) is 0 Å². The number of amides is 1. The summed E-state index contributed by atoms with van der Waals surface area (Å²) in [6.45, 7) is 0.568. The predicted molar refractivity (Wildman–Crippen MR) is 106 cm³/mol. The second kappa shape index (κ2) is 8.59. The van der Waals surface area contributed by atoms with Crippen molar-refractivity contribution in [3.63, 3.8) is 0 Å². The quantitative estimate of drug-likeness (QED) is 0.560. The van der Waals surface area contributed by atoms with E-state index in [-0.39, 0.29) is 16.5 Å². The number of nitrogens with one attached hydrogen (secondary N) is 2. The molecule has 3 rings (SSSR count). The average molecular weight is 397 g/mol. The number of carbonyl (C=O) groups is 1. The van der Waals surface area contributed by atoms with Crippen LogP contribution in [0.2, 0.25) is 0 Å². The van der Waals surface area contributed by atoms with Gasteiger partial charge in [0.2, 0.25) is 10.0 Å². The second-order valence-corrected chi connectivity index (χ2v) is 7.55. The molecule has 1 heterocycles. The van der Waals surface area contributed by atoms with E-state index in [1.54, 1.807) is 36.4 Å². The molecule has 28 heavy (non-hydrogen) atoms. The molecular weight excluding hydrogens is 378 g/mol. The summed E-state index contributed by atoms with van der Waals surface area (Å²) in [5.74, 6) is 0.206. The van der Waals surface area contributed by atoms with E-state index in [9.17, 15) is 13.2 Å². The topological polar surface area (TPSA) is 127 Å². The minimum Gasteiger partial charge on any atom is -0.368 e. The highest BCUT2D eigenvalue weighted by Gasteiger charge is 2.09. The van der Waals surface area contributed by atoms with E-state index in [1.807, 2.05) is 18.2 Å². The summed E-state index contributed by atoms with van der Waals surface area (Å²) >= 11 is 0. The van der Waals surface area contributed by atoms with Crippen molar-refractivity contribution < 1.29 is 13.2 Å². The summed E-state index contributed by atoms with van der Waals surface area (Å²) in [5, 5.41) is 18.9. The van der Waals surface area contributed by atoms with Gasteiger partial charge in [-0.3, -0.25) is 4.79 Å². The van der Waals surface area contributed by atoms with Crippen molar-refractivity contribution in [2.24, 2.45) is 5.14 Å². The van der Waals surface area contributed by atoms with Crippen molar-refractivity contribution in [3.05, 3.63) is 78.0 Å². The van der Waals surface area contributed by atoms with Gasteiger partial charge in [0.05, 0.1) is 4.90 Å². The maximum Gasteiger partial charge on any atom is 0.276 e. The van der Waals surface area contributed by atoms with Crippen LogP contribution in [0.4, 0.5) is 11.5 Å². The van der Waals surface area contributed by atoms with E-state index in [2.05, 4.69) is 20.8 Å². The number of hydrogen-bond acceptors (Lipinski definition) is 6. The number of sulfonamides is 1. The second-order valence-electron chi connectivity index (χ2n) is 5.99. The molecular formula is C19H19N5O3S. The number of nitrogens with two attached hydrogens (primary N) is 1. The van der Waals surface area contributed by atoms with Gasteiger partial charge in [-0.1, -0.05) is 30.3 Å². The number of primary sulfonamides is 1.